The van der Waals surface area contributed by atoms with Gasteiger partial charge in [-0.2, -0.15) is 0 Å². The Morgan fingerprint density at radius 1 is 1.31 bits per heavy atom. The van der Waals surface area contributed by atoms with Gasteiger partial charge in [-0.15, -0.1) is 0 Å². The topological polar surface area (TPSA) is 53.6 Å². The van der Waals surface area contributed by atoms with Crippen LogP contribution in [0.4, 0.5) is 0 Å². The highest BCUT2D eigenvalue weighted by Gasteiger charge is 2.05. The Bertz CT molecular complexity index is 417. The van der Waals surface area contributed by atoms with E-state index in [0.717, 1.165) is 16.5 Å². The molecule has 3 heteroatoms. The van der Waals surface area contributed by atoms with E-state index in [9.17, 15) is 5.11 Å². The Hall–Kier alpha value is -1.48. The number of phenols is 1. The Labute approximate surface area is 75.2 Å². The highest BCUT2D eigenvalue weighted by atomic mass is 16.3. The van der Waals surface area contributed by atoms with E-state index in [1.807, 2.05) is 0 Å². The van der Waals surface area contributed by atoms with Crippen LogP contribution in [0.15, 0.2) is 28.9 Å². The fourth-order valence-electron chi connectivity index (χ4n) is 1.38. The SMILES string of the molecule is OCCc1coc2ccc(O)cc12. The van der Waals surface area contributed by atoms with Crippen LogP contribution in [-0.2, 0) is 6.42 Å². The van der Waals surface area contributed by atoms with E-state index < -0.39 is 0 Å². The third kappa shape index (κ3) is 1.38. The molecule has 0 aliphatic rings. The Kier molecular flexibility index (Phi) is 1.94. The molecule has 0 saturated carbocycles. The third-order valence-electron chi connectivity index (χ3n) is 2.02. The molecule has 1 aromatic heterocycles. The van der Waals surface area contributed by atoms with Gasteiger partial charge in [-0.25, -0.2) is 0 Å². The van der Waals surface area contributed by atoms with Gasteiger partial charge in [0.1, 0.15) is 11.3 Å². The van der Waals surface area contributed by atoms with Crippen LogP contribution in [0.1, 0.15) is 5.56 Å². The van der Waals surface area contributed by atoms with Crippen LogP contribution in [0.5, 0.6) is 5.75 Å². The summed E-state index contributed by atoms with van der Waals surface area (Å²) >= 11 is 0. The molecule has 68 valence electrons. The zero-order valence-corrected chi connectivity index (χ0v) is 7.03. The zero-order valence-electron chi connectivity index (χ0n) is 7.03. The van der Waals surface area contributed by atoms with Crippen molar-refractivity contribution in [3.8, 4) is 5.75 Å². The van der Waals surface area contributed by atoms with Crippen LogP contribution >= 0.6 is 0 Å². The summed E-state index contributed by atoms with van der Waals surface area (Å²) in [6.07, 6.45) is 2.16. The van der Waals surface area contributed by atoms with Crippen molar-refractivity contribution >= 4 is 11.0 Å². The van der Waals surface area contributed by atoms with Crippen LogP contribution in [0.2, 0.25) is 0 Å². The first-order valence-electron chi connectivity index (χ1n) is 4.11. The highest BCUT2D eigenvalue weighted by Crippen LogP contribution is 2.25. The molecular formula is C10H10O3. The van der Waals surface area contributed by atoms with Crippen molar-refractivity contribution in [3.05, 3.63) is 30.0 Å². The summed E-state index contributed by atoms with van der Waals surface area (Å²) in [6.45, 7) is 0.0876. The summed E-state index contributed by atoms with van der Waals surface area (Å²) in [5.74, 6) is 0.216. The highest BCUT2D eigenvalue weighted by molar-refractivity contribution is 5.82. The largest absolute Gasteiger partial charge is 0.508 e. The van der Waals surface area contributed by atoms with Gasteiger partial charge in [-0.3, -0.25) is 0 Å². The molecule has 0 spiro atoms. The molecule has 0 atom stereocenters. The van der Waals surface area contributed by atoms with Crippen LogP contribution in [-0.4, -0.2) is 16.8 Å². The molecule has 0 unspecified atom stereocenters. The van der Waals surface area contributed by atoms with Crippen molar-refractivity contribution in [1.82, 2.24) is 0 Å². The van der Waals surface area contributed by atoms with E-state index in [1.54, 1.807) is 24.5 Å². The quantitative estimate of drug-likeness (QED) is 0.735. The maximum atomic E-state index is 9.24. The molecule has 0 radical (unpaired) electrons. The molecular weight excluding hydrogens is 168 g/mol. The number of rotatable bonds is 2. The predicted octanol–water partition coefficient (Wildman–Crippen LogP) is 1.67. The Morgan fingerprint density at radius 3 is 2.92 bits per heavy atom. The van der Waals surface area contributed by atoms with E-state index in [4.69, 9.17) is 9.52 Å². The average molecular weight is 178 g/mol. The van der Waals surface area contributed by atoms with Gasteiger partial charge >= 0.3 is 0 Å². The fraction of sp³-hybridized carbons (Fsp3) is 0.200. The minimum Gasteiger partial charge on any atom is -0.508 e. The van der Waals surface area contributed by atoms with Crippen LogP contribution < -0.4 is 0 Å². The molecule has 0 amide bonds. The second kappa shape index (κ2) is 3.11. The van der Waals surface area contributed by atoms with E-state index in [0.29, 0.717) is 6.42 Å². The van der Waals surface area contributed by atoms with Gasteiger partial charge in [0.15, 0.2) is 0 Å². The molecule has 2 N–H and O–H groups in total. The lowest BCUT2D eigenvalue weighted by Gasteiger charge is -1.94. The average Bonchev–Trinajstić information content (AvgIpc) is 2.49. The molecule has 0 saturated heterocycles. The van der Waals surface area contributed by atoms with Crippen molar-refractivity contribution in [2.75, 3.05) is 6.61 Å². The molecule has 0 aliphatic carbocycles. The lowest BCUT2D eigenvalue weighted by Crippen LogP contribution is -1.87. The van der Waals surface area contributed by atoms with Gasteiger partial charge < -0.3 is 14.6 Å². The summed E-state index contributed by atoms with van der Waals surface area (Å²) in [5.41, 5.74) is 1.66. The van der Waals surface area contributed by atoms with Gasteiger partial charge in [-0.1, -0.05) is 0 Å². The summed E-state index contributed by atoms with van der Waals surface area (Å²) in [7, 11) is 0. The van der Waals surface area contributed by atoms with Gasteiger partial charge in [0.2, 0.25) is 0 Å². The number of benzene rings is 1. The summed E-state index contributed by atoms with van der Waals surface area (Å²) in [6, 6.07) is 4.93. The summed E-state index contributed by atoms with van der Waals surface area (Å²) in [4.78, 5) is 0. The molecule has 13 heavy (non-hydrogen) atoms. The molecule has 3 nitrogen and oxygen atoms in total. The maximum absolute atomic E-state index is 9.24. The molecule has 0 aliphatic heterocycles. The van der Waals surface area contributed by atoms with Crippen molar-refractivity contribution in [2.24, 2.45) is 0 Å². The van der Waals surface area contributed by atoms with Crippen molar-refractivity contribution in [3.63, 3.8) is 0 Å². The van der Waals surface area contributed by atoms with Gasteiger partial charge in [0.05, 0.1) is 6.26 Å². The molecule has 1 aromatic carbocycles. The van der Waals surface area contributed by atoms with E-state index in [-0.39, 0.29) is 12.4 Å². The van der Waals surface area contributed by atoms with Crippen molar-refractivity contribution in [2.45, 2.75) is 6.42 Å². The van der Waals surface area contributed by atoms with E-state index in [1.165, 1.54) is 0 Å². The third-order valence-corrected chi connectivity index (χ3v) is 2.02. The number of aromatic hydroxyl groups is 1. The number of hydrogen-bond donors (Lipinski definition) is 2. The van der Waals surface area contributed by atoms with Gasteiger partial charge in [0.25, 0.3) is 0 Å². The first-order valence-corrected chi connectivity index (χ1v) is 4.11. The molecule has 1 heterocycles. The number of hydrogen-bond acceptors (Lipinski definition) is 3. The number of aliphatic hydroxyl groups excluding tert-OH is 1. The number of aliphatic hydroxyl groups is 1. The Morgan fingerprint density at radius 2 is 2.15 bits per heavy atom. The molecule has 0 bridgehead atoms. The van der Waals surface area contributed by atoms with E-state index in [2.05, 4.69) is 0 Å². The second-order valence-corrected chi connectivity index (χ2v) is 2.92. The zero-order chi connectivity index (χ0) is 9.26. The maximum Gasteiger partial charge on any atom is 0.134 e. The number of furan rings is 1. The van der Waals surface area contributed by atoms with Gasteiger partial charge in [0, 0.05) is 17.6 Å². The number of fused-ring (bicyclic) bond motifs is 1. The molecule has 2 aromatic rings. The van der Waals surface area contributed by atoms with Crippen molar-refractivity contribution < 1.29 is 14.6 Å². The molecule has 2 rings (SSSR count). The normalized spacial score (nSPS) is 10.8. The van der Waals surface area contributed by atoms with Crippen molar-refractivity contribution in [1.29, 1.82) is 0 Å². The second-order valence-electron chi connectivity index (χ2n) is 2.92. The van der Waals surface area contributed by atoms with Crippen LogP contribution in [0.25, 0.3) is 11.0 Å². The lowest BCUT2D eigenvalue weighted by atomic mass is 10.1. The Balaban J connectivity index is 2.58. The summed E-state index contributed by atoms with van der Waals surface area (Å²) in [5, 5.41) is 18.9. The van der Waals surface area contributed by atoms with Crippen LogP contribution in [0, 0.1) is 0 Å². The first-order chi connectivity index (χ1) is 6.31. The first kappa shape index (κ1) is 8.13. The minimum atomic E-state index is 0.0876. The number of phenolic OH excluding ortho intramolecular Hbond substituents is 1. The smallest absolute Gasteiger partial charge is 0.134 e. The van der Waals surface area contributed by atoms with E-state index >= 15 is 0 Å². The molecule has 0 fully saturated rings. The fourth-order valence-corrected chi connectivity index (χ4v) is 1.38. The van der Waals surface area contributed by atoms with Gasteiger partial charge in [-0.05, 0) is 24.6 Å². The standard InChI is InChI=1S/C10H10O3/c11-4-3-7-6-13-10-2-1-8(12)5-9(7)10/h1-2,5-6,11-12H,3-4H2. The minimum absolute atomic E-state index is 0.0876. The van der Waals surface area contributed by atoms with Crippen LogP contribution in [0.3, 0.4) is 0 Å². The predicted molar refractivity (Wildman–Crippen MR) is 48.7 cm³/mol. The lowest BCUT2D eigenvalue weighted by molar-refractivity contribution is 0.299. The monoisotopic (exact) mass is 178 g/mol. The summed E-state index contributed by atoms with van der Waals surface area (Å²) < 4.78 is 5.23.